The van der Waals surface area contributed by atoms with E-state index < -0.39 is 50.0 Å². The van der Waals surface area contributed by atoms with Crippen molar-refractivity contribution in [2.24, 2.45) is 0 Å². The quantitative estimate of drug-likeness (QED) is 0.373. The Kier molecular flexibility index (Phi) is 8.33. The number of aliphatic carboxylic acids is 1. The molecule has 198 valence electrons. The highest BCUT2D eigenvalue weighted by Crippen LogP contribution is 2.42. The van der Waals surface area contributed by atoms with Crippen LogP contribution in [0.25, 0.3) is 11.1 Å². The Morgan fingerprint density at radius 2 is 1.76 bits per heavy atom. The number of sulfonamides is 1. The zero-order chi connectivity index (χ0) is 27.5. The Labute approximate surface area is 213 Å². The summed E-state index contributed by atoms with van der Waals surface area (Å²) in [6, 6.07) is 9.44. The smallest absolute Gasteiger partial charge is 0.416 e. The van der Waals surface area contributed by atoms with Crippen LogP contribution in [0.1, 0.15) is 18.9 Å². The minimum Gasteiger partial charge on any atom is -0.486 e. The van der Waals surface area contributed by atoms with Gasteiger partial charge < -0.3 is 9.84 Å². The molecule has 37 heavy (non-hydrogen) atoms. The summed E-state index contributed by atoms with van der Waals surface area (Å²) >= 11 is 5.79. The number of alkyl halides is 3. The summed E-state index contributed by atoms with van der Waals surface area (Å²) < 4.78 is 101. The van der Waals surface area contributed by atoms with Gasteiger partial charge in [0.05, 0.1) is 27.7 Å². The first-order valence-electron chi connectivity index (χ1n) is 10.6. The second-order valence-electron chi connectivity index (χ2n) is 7.61. The fourth-order valence-electron chi connectivity index (χ4n) is 3.35. The zero-order valence-electron chi connectivity index (χ0n) is 19.0. The number of hydrogen-bond donors (Lipinski definition) is 1. The maximum atomic E-state index is 14.8. The molecule has 4 rings (SSSR count). The second-order valence-corrected chi connectivity index (χ2v) is 9.88. The van der Waals surface area contributed by atoms with Crippen molar-refractivity contribution < 1.29 is 45.0 Å². The van der Waals surface area contributed by atoms with Crippen LogP contribution in [0.3, 0.4) is 0 Å². The molecular formula is C24H19ClF5NO5S. The number of rotatable bonds is 4. The fourth-order valence-corrected chi connectivity index (χ4v) is 5.02. The van der Waals surface area contributed by atoms with Gasteiger partial charge >= 0.3 is 12.1 Å². The van der Waals surface area contributed by atoms with Crippen LogP contribution in [-0.2, 0) is 21.0 Å². The van der Waals surface area contributed by atoms with Crippen LogP contribution in [0, 0.1) is 11.6 Å². The van der Waals surface area contributed by atoms with Gasteiger partial charge in [-0.1, -0.05) is 36.7 Å². The van der Waals surface area contributed by atoms with E-state index in [1.165, 1.54) is 24.3 Å². The summed E-state index contributed by atoms with van der Waals surface area (Å²) in [7, 11) is -4.53. The number of ether oxygens (including phenoxy) is 1. The summed E-state index contributed by atoms with van der Waals surface area (Å²) in [6.45, 7) is 1.09. The summed E-state index contributed by atoms with van der Waals surface area (Å²) in [6.07, 6.45) is -4.53. The lowest BCUT2D eigenvalue weighted by Gasteiger charge is -2.31. The van der Waals surface area contributed by atoms with E-state index in [1.807, 2.05) is 0 Å². The van der Waals surface area contributed by atoms with E-state index in [-0.39, 0.29) is 41.4 Å². The SMILES string of the molecule is CCC(=O)O.O=S(=O)(c1cccc(C(F)(F)F)c1)N1CCOc2c(F)cc(-c3cccc(Cl)c3F)cc21. The molecule has 0 amide bonds. The van der Waals surface area contributed by atoms with Crippen LogP contribution < -0.4 is 9.04 Å². The molecule has 1 heterocycles. The molecule has 0 fully saturated rings. The third-order valence-electron chi connectivity index (χ3n) is 5.15. The largest absolute Gasteiger partial charge is 0.486 e. The third-order valence-corrected chi connectivity index (χ3v) is 7.25. The highest BCUT2D eigenvalue weighted by Gasteiger charge is 2.35. The van der Waals surface area contributed by atoms with Gasteiger partial charge in [-0.05, 0) is 42.0 Å². The molecule has 0 saturated heterocycles. The summed E-state index contributed by atoms with van der Waals surface area (Å²) in [5.74, 6) is -2.94. The first kappa shape index (κ1) is 28.2. The molecule has 0 atom stereocenters. The summed E-state index contributed by atoms with van der Waals surface area (Å²) in [4.78, 5) is 8.74. The van der Waals surface area contributed by atoms with Crippen LogP contribution in [0.5, 0.6) is 5.75 Å². The van der Waals surface area contributed by atoms with Gasteiger partial charge in [0.1, 0.15) is 12.4 Å². The van der Waals surface area contributed by atoms with Crippen molar-refractivity contribution in [3.8, 4) is 16.9 Å². The first-order chi connectivity index (χ1) is 17.3. The second kappa shape index (κ2) is 10.9. The molecule has 13 heteroatoms. The average Bonchev–Trinajstić information content (AvgIpc) is 2.85. The van der Waals surface area contributed by atoms with Crippen LogP contribution in [0.15, 0.2) is 59.5 Å². The van der Waals surface area contributed by atoms with Crippen molar-refractivity contribution >= 4 is 33.3 Å². The monoisotopic (exact) mass is 563 g/mol. The van der Waals surface area contributed by atoms with Gasteiger partial charge in [-0.2, -0.15) is 13.2 Å². The molecule has 0 aliphatic carbocycles. The van der Waals surface area contributed by atoms with Crippen molar-refractivity contribution in [2.45, 2.75) is 24.4 Å². The molecule has 0 saturated carbocycles. The Balaban J connectivity index is 0.000000695. The predicted molar refractivity (Wildman–Crippen MR) is 126 cm³/mol. The minimum atomic E-state index is -4.75. The number of halogens is 6. The molecule has 3 aromatic carbocycles. The van der Waals surface area contributed by atoms with E-state index in [9.17, 15) is 35.2 Å². The Morgan fingerprint density at radius 3 is 2.38 bits per heavy atom. The van der Waals surface area contributed by atoms with Gasteiger partial charge in [0, 0.05) is 12.0 Å². The summed E-state index contributed by atoms with van der Waals surface area (Å²) in [5, 5.41) is 7.50. The van der Waals surface area contributed by atoms with E-state index in [0.717, 1.165) is 28.6 Å². The van der Waals surface area contributed by atoms with Crippen molar-refractivity contribution in [1.82, 2.24) is 0 Å². The number of benzene rings is 3. The van der Waals surface area contributed by atoms with Crippen LogP contribution in [0.2, 0.25) is 5.02 Å². The minimum absolute atomic E-state index is 0.0176. The van der Waals surface area contributed by atoms with Crippen molar-refractivity contribution in [3.05, 3.63) is 76.8 Å². The molecule has 1 aliphatic rings. The number of carboxylic acid groups (broad SMARTS) is 1. The molecule has 1 N–H and O–H groups in total. The van der Waals surface area contributed by atoms with Gasteiger partial charge in [-0.25, -0.2) is 17.2 Å². The van der Waals surface area contributed by atoms with Crippen molar-refractivity contribution in [1.29, 1.82) is 0 Å². The van der Waals surface area contributed by atoms with Gasteiger partial charge in [0.15, 0.2) is 11.6 Å². The lowest BCUT2D eigenvalue weighted by molar-refractivity contribution is -0.138. The van der Waals surface area contributed by atoms with E-state index in [4.69, 9.17) is 21.4 Å². The molecule has 0 spiro atoms. The Morgan fingerprint density at radius 1 is 1.11 bits per heavy atom. The number of nitrogens with zero attached hydrogens (tertiary/aromatic N) is 1. The topological polar surface area (TPSA) is 83.9 Å². The molecule has 0 aromatic heterocycles. The lowest BCUT2D eigenvalue weighted by Crippen LogP contribution is -2.38. The maximum Gasteiger partial charge on any atom is 0.416 e. The number of hydrogen-bond acceptors (Lipinski definition) is 4. The van der Waals surface area contributed by atoms with E-state index >= 15 is 0 Å². The normalized spacial score (nSPS) is 13.2. The molecule has 0 radical (unpaired) electrons. The van der Waals surface area contributed by atoms with Gasteiger partial charge in [-0.3, -0.25) is 9.10 Å². The number of fused-ring (bicyclic) bond motifs is 1. The van der Waals surface area contributed by atoms with E-state index in [2.05, 4.69) is 0 Å². The predicted octanol–water partition coefficient (Wildman–Crippen LogP) is 6.37. The van der Waals surface area contributed by atoms with Crippen molar-refractivity contribution in [2.75, 3.05) is 17.5 Å². The van der Waals surface area contributed by atoms with Gasteiger partial charge in [-0.15, -0.1) is 0 Å². The van der Waals surface area contributed by atoms with Crippen LogP contribution in [0.4, 0.5) is 27.6 Å². The lowest BCUT2D eigenvalue weighted by atomic mass is 10.0. The highest BCUT2D eigenvalue weighted by atomic mass is 35.5. The molecular weight excluding hydrogens is 545 g/mol. The zero-order valence-corrected chi connectivity index (χ0v) is 20.6. The van der Waals surface area contributed by atoms with E-state index in [1.54, 1.807) is 6.92 Å². The molecule has 0 unspecified atom stereocenters. The average molecular weight is 564 g/mol. The fraction of sp³-hybridized carbons (Fsp3) is 0.208. The standard InChI is InChI=1S/C21H13ClF5NO3S.C3H6O2/c22-16-6-2-5-15(19(16)24)12-9-17(23)20-18(10-12)28(7-8-31-20)32(29,30)14-4-1-3-13(11-14)21(25,26)27;1-2-3(4)5/h1-6,9-11H,7-8H2;2H2,1H3,(H,4,5). The highest BCUT2D eigenvalue weighted by molar-refractivity contribution is 7.92. The first-order valence-corrected chi connectivity index (χ1v) is 12.4. The van der Waals surface area contributed by atoms with E-state index in [0.29, 0.717) is 6.07 Å². The van der Waals surface area contributed by atoms with Crippen LogP contribution in [-0.4, -0.2) is 32.6 Å². The number of carboxylic acids is 1. The molecule has 3 aromatic rings. The Hall–Kier alpha value is -3.38. The number of anilines is 1. The Bertz CT molecular complexity index is 1430. The van der Waals surface area contributed by atoms with Crippen LogP contribution >= 0.6 is 11.6 Å². The summed E-state index contributed by atoms with van der Waals surface area (Å²) in [5.41, 5.74) is -1.51. The number of carbonyl (C=O) groups is 1. The third kappa shape index (κ3) is 6.13. The van der Waals surface area contributed by atoms with Gasteiger partial charge in [0.25, 0.3) is 10.0 Å². The molecule has 6 nitrogen and oxygen atoms in total. The molecule has 0 bridgehead atoms. The maximum absolute atomic E-state index is 14.8. The molecule has 1 aliphatic heterocycles. The van der Waals surface area contributed by atoms with Gasteiger partial charge in [0.2, 0.25) is 0 Å². The van der Waals surface area contributed by atoms with Crippen molar-refractivity contribution in [3.63, 3.8) is 0 Å².